The van der Waals surface area contributed by atoms with Gasteiger partial charge in [-0.05, 0) is 18.4 Å². The lowest BCUT2D eigenvalue weighted by Crippen LogP contribution is -2.13. The second kappa shape index (κ2) is 8.68. The molecule has 0 bridgehead atoms. The van der Waals surface area contributed by atoms with Gasteiger partial charge in [0.05, 0.1) is 6.33 Å². The van der Waals surface area contributed by atoms with E-state index in [1.165, 1.54) is 11.9 Å². The zero-order chi connectivity index (χ0) is 17.3. The van der Waals surface area contributed by atoms with Crippen molar-refractivity contribution in [3.05, 3.63) is 60.9 Å². The van der Waals surface area contributed by atoms with E-state index in [0.29, 0.717) is 17.3 Å². The predicted molar refractivity (Wildman–Crippen MR) is 100 cm³/mol. The Labute approximate surface area is 147 Å². The summed E-state index contributed by atoms with van der Waals surface area (Å²) < 4.78 is 2.04. The first-order chi connectivity index (χ1) is 12.3. The number of nitrogens with two attached hydrogens (primary N) is 1. The van der Waals surface area contributed by atoms with Gasteiger partial charge < -0.3 is 20.9 Å². The first-order valence-corrected chi connectivity index (χ1v) is 8.41. The summed E-state index contributed by atoms with van der Waals surface area (Å²) in [6.07, 6.45) is 8.94. The predicted octanol–water partition coefficient (Wildman–Crippen LogP) is 2.41. The molecule has 0 aliphatic carbocycles. The van der Waals surface area contributed by atoms with E-state index < -0.39 is 0 Å². The number of hydrogen-bond acceptors (Lipinski definition) is 6. The summed E-state index contributed by atoms with van der Waals surface area (Å²) in [5, 5.41) is 6.56. The van der Waals surface area contributed by atoms with Crippen molar-refractivity contribution in [1.29, 1.82) is 0 Å². The Balaban J connectivity index is 1.47. The molecule has 0 saturated heterocycles. The fourth-order valence-electron chi connectivity index (χ4n) is 2.53. The van der Waals surface area contributed by atoms with Gasteiger partial charge in [-0.1, -0.05) is 30.3 Å². The minimum Gasteiger partial charge on any atom is -0.393 e. The van der Waals surface area contributed by atoms with Crippen LogP contribution in [0.15, 0.2) is 55.4 Å². The van der Waals surface area contributed by atoms with E-state index in [2.05, 4.69) is 37.7 Å². The van der Waals surface area contributed by atoms with E-state index in [4.69, 9.17) is 5.73 Å². The maximum Gasteiger partial charge on any atom is 0.154 e. The first-order valence-electron chi connectivity index (χ1n) is 8.41. The van der Waals surface area contributed by atoms with Crippen LogP contribution in [0.3, 0.4) is 0 Å². The second-order valence-electron chi connectivity index (χ2n) is 5.73. The number of aryl methyl sites for hydroxylation is 1. The van der Waals surface area contributed by atoms with Gasteiger partial charge in [-0.3, -0.25) is 0 Å². The fourth-order valence-corrected chi connectivity index (χ4v) is 2.53. The number of aromatic nitrogens is 4. The van der Waals surface area contributed by atoms with Gasteiger partial charge in [0.2, 0.25) is 0 Å². The molecule has 0 aliphatic heterocycles. The van der Waals surface area contributed by atoms with Crippen molar-refractivity contribution in [2.75, 3.05) is 29.5 Å². The van der Waals surface area contributed by atoms with Crippen molar-refractivity contribution in [2.24, 2.45) is 0 Å². The zero-order valence-corrected chi connectivity index (χ0v) is 14.1. The number of benzene rings is 1. The Bertz CT molecular complexity index is 756. The van der Waals surface area contributed by atoms with Crippen molar-refractivity contribution < 1.29 is 0 Å². The van der Waals surface area contributed by atoms with Gasteiger partial charge in [-0.2, -0.15) is 0 Å². The average Bonchev–Trinajstić information content (AvgIpc) is 3.16. The van der Waals surface area contributed by atoms with E-state index in [-0.39, 0.29) is 0 Å². The molecule has 4 N–H and O–H groups in total. The van der Waals surface area contributed by atoms with Crippen LogP contribution in [0.2, 0.25) is 0 Å². The molecule has 1 aromatic carbocycles. The molecule has 0 aliphatic rings. The topological polar surface area (TPSA) is 93.7 Å². The summed E-state index contributed by atoms with van der Waals surface area (Å²) in [5.41, 5.74) is 8.01. The smallest absolute Gasteiger partial charge is 0.154 e. The third kappa shape index (κ3) is 4.94. The Morgan fingerprint density at radius 1 is 1.00 bits per heavy atom. The lowest BCUT2D eigenvalue weighted by Gasteiger charge is -2.12. The molecule has 2 aromatic heterocycles. The van der Waals surface area contributed by atoms with Gasteiger partial charge in [0.1, 0.15) is 12.0 Å². The summed E-state index contributed by atoms with van der Waals surface area (Å²) in [7, 11) is 0. The van der Waals surface area contributed by atoms with Gasteiger partial charge >= 0.3 is 0 Å². The number of hydrogen-bond donors (Lipinski definition) is 3. The molecule has 0 amide bonds. The molecular weight excluding hydrogens is 314 g/mol. The van der Waals surface area contributed by atoms with Crippen molar-refractivity contribution in [3.63, 3.8) is 0 Å². The van der Waals surface area contributed by atoms with Crippen LogP contribution in [0.25, 0.3) is 0 Å². The molecule has 0 spiro atoms. The molecule has 130 valence electrons. The van der Waals surface area contributed by atoms with Crippen molar-refractivity contribution >= 4 is 17.3 Å². The Hall–Kier alpha value is -3.09. The van der Waals surface area contributed by atoms with Crippen LogP contribution in [-0.4, -0.2) is 32.6 Å². The summed E-state index contributed by atoms with van der Waals surface area (Å²) in [5.74, 6) is 1.34. The second-order valence-corrected chi connectivity index (χ2v) is 5.73. The molecule has 3 aromatic rings. The molecule has 0 unspecified atom stereocenters. The normalized spacial score (nSPS) is 10.6. The van der Waals surface area contributed by atoms with E-state index in [0.717, 1.165) is 32.5 Å². The van der Waals surface area contributed by atoms with E-state index in [1.54, 1.807) is 6.20 Å². The minimum atomic E-state index is 0.554. The van der Waals surface area contributed by atoms with Gasteiger partial charge in [0.25, 0.3) is 0 Å². The number of nitrogens with zero attached hydrogens (tertiary/aromatic N) is 4. The highest BCUT2D eigenvalue weighted by atomic mass is 15.1. The van der Waals surface area contributed by atoms with Gasteiger partial charge in [0.15, 0.2) is 11.6 Å². The minimum absolute atomic E-state index is 0.554. The summed E-state index contributed by atoms with van der Waals surface area (Å²) in [4.78, 5) is 12.5. The molecule has 0 radical (unpaired) electrons. The van der Waals surface area contributed by atoms with Crippen LogP contribution in [0, 0.1) is 0 Å². The monoisotopic (exact) mass is 337 g/mol. The fraction of sp³-hybridized carbons (Fsp3) is 0.278. The van der Waals surface area contributed by atoms with Crippen molar-refractivity contribution in [3.8, 4) is 0 Å². The number of nitrogen functional groups attached to an aromatic ring is 1. The lowest BCUT2D eigenvalue weighted by atomic mass is 10.1. The molecule has 2 heterocycles. The van der Waals surface area contributed by atoms with Crippen LogP contribution >= 0.6 is 0 Å². The van der Waals surface area contributed by atoms with Gasteiger partial charge in [-0.25, -0.2) is 15.0 Å². The van der Waals surface area contributed by atoms with Crippen LogP contribution in [0.5, 0.6) is 0 Å². The molecule has 25 heavy (non-hydrogen) atoms. The lowest BCUT2D eigenvalue weighted by molar-refractivity contribution is 0.660. The molecule has 7 nitrogen and oxygen atoms in total. The molecular formula is C18H23N7. The Kier molecular flexibility index (Phi) is 5.82. The van der Waals surface area contributed by atoms with Gasteiger partial charge in [-0.15, -0.1) is 0 Å². The Morgan fingerprint density at radius 2 is 1.76 bits per heavy atom. The Morgan fingerprint density at radius 3 is 2.48 bits per heavy atom. The van der Waals surface area contributed by atoms with Crippen molar-refractivity contribution in [1.82, 2.24) is 19.5 Å². The van der Waals surface area contributed by atoms with Crippen LogP contribution in [-0.2, 0) is 13.0 Å². The number of rotatable bonds is 9. The SMILES string of the molecule is Nc1c(NCCCn2ccnc2)ncnc1NCCc1ccccc1. The maximum absolute atomic E-state index is 6.17. The highest BCUT2D eigenvalue weighted by Gasteiger charge is 2.07. The highest BCUT2D eigenvalue weighted by molar-refractivity contribution is 5.73. The summed E-state index contributed by atoms with van der Waals surface area (Å²) in [6, 6.07) is 10.3. The van der Waals surface area contributed by atoms with Crippen molar-refractivity contribution in [2.45, 2.75) is 19.4 Å². The van der Waals surface area contributed by atoms with E-state index >= 15 is 0 Å². The third-order valence-electron chi connectivity index (χ3n) is 3.88. The summed E-state index contributed by atoms with van der Waals surface area (Å²) in [6.45, 7) is 2.45. The molecule has 0 atom stereocenters. The molecule has 0 fully saturated rings. The van der Waals surface area contributed by atoms with Crippen LogP contribution in [0.1, 0.15) is 12.0 Å². The first kappa shape index (κ1) is 16.8. The number of anilines is 3. The maximum atomic E-state index is 6.17. The zero-order valence-electron chi connectivity index (χ0n) is 14.1. The van der Waals surface area contributed by atoms with E-state index in [9.17, 15) is 0 Å². The number of nitrogens with one attached hydrogen (secondary N) is 2. The van der Waals surface area contributed by atoms with Gasteiger partial charge in [0, 0.05) is 32.0 Å². The average molecular weight is 337 g/mol. The number of imidazole rings is 1. The molecule has 7 heteroatoms. The largest absolute Gasteiger partial charge is 0.393 e. The summed E-state index contributed by atoms with van der Waals surface area (Å²) >= 11 is 0. The molecule has 3 rings (SSSR count). The quantitative estimate of drug-likeness (QED) is 0.519. The van der Waals surface area contributed by atoms with Crippen LogP contribution in [0.4, 0.5) is 17.3 Å². The molecule has 0 saturated carbocycles. The standard InChI is InChI=1S/C18H23N7/c19-16-17(21-8-4-11-25-12-10-20-14-25)23-13-24-18(16)22-9-7-15-5-2-1-3-6-15/h1-3,5-6,10,12-14H,4,7-9,11,19H2,(H2,21,22,23,24). The third-order valence-corrected chi connectivity index (χ3v) is 3.88. The van der Waals surface area contributed by atoms with Crippen LogP contribution < -0.4 is 16.4 Å². The highest BCUT2D eigenvalue weighted by Crippen LogP contribution is 2.22. The van der Waals surface area contributed by atoms with E-state index in [1.807, 2.05) is 35.3 Å².